The lowest BCUT2D eigenvalue weighted by Crippen LogP contribution is -2.15. The first-order chi connectivity index (χ1) is 13.6. The minimum atomic E-state index is -0.219. The Morgan fingerprint density at radius 1 is 1.00 bits per heavy atom. The van der Waals surface area contributed by atoms with Crippen LogP contribution in [0.25, 0.3) is 21.1 Å². The Hall–Kier alpha value is -3.19. The van der Waals surface area contributed by atoms with E-state index >= 15 is 0 Å². The van der Waals surface area contributed by atoms with E-state index in [1.54, 1.807) is 0 Å². The van der Waals surface area contributed by atoms with Crippen molar-refractivity contribution in [1.82, 2.24) is 9.97 Å². The van der Waals surface area contributed by atoms with Crippen LogP contribution in [0.3, 0.4) is 0 Å². The average molecular weight is 391 g/mol. The molecule has 2 aromatic carbocycles. The van der Waals surface area contributed by atoms with Crippen LogP contribution in [0.1, 0.15) is 21.6 Å². The maximum atomic E-state index is 12.8. The second-order valence-corrected chi connectivity index (χ2v) is 7.78. The largest absolute Gasteiger partial charge is 0.486 e. The number of amides is 1. The van der Waals surface area contributed by atoms with E-state index in [1.165, 1.54) is 11.3 Å². The molecule has 2 aromatic heterocycles. The molecule has 5 rings (SSSR count). The molecule has 140 valence electrons. The molecule has 1 aliphatic rings. The summed E-state index contributed by atoms with van der Waals surface area (Å²) in [6.07, 6.45) is 0. The normalized spacial score (nSPS) is 13.1. The summed E-state index contributed by atoms with van der Waals surface area (Å²) in [6.45, 7) is 4.94. The maximum absolute atomic E-state index is 12.8. The van der Waals surface area contributed by atoms with Crippen LogP contribution in [0, 0.1) is 13.8 Å². The Morgan fingerprint density at radius 2 is 1.79 bits per heavy atom. The summed E-state index contributed by atoms with van der Waals surface area (Å²) < 4.78 is 12.1. The first-order valence-electron chi connectivity index (χ1n) is 8.96. The van der Waals surface area contributed by atoms with Crippen molar-refractivity contribution in [2.75, 3.05) is 18.5 Å². The minimum Gasteiger partial charge on any atom is -0.486 e. The highest BCUT2D eigenvalue weighted by molar-refractivity contribution is 7.22. The predicted octanol–water partition coefficient (Wildman–Crippen LogP) is 4.48. The number of hydrogen-bond acceptors (Lipinski definition) is 6. The lowest BCUT2D eigenvalue weighted by atomic mass is 10.1. The van der Waals surface area contributed by atoms with Crippen LogP contribution in [0.4, 0.5) is 5.13 Å². The SMILES string of the molecule is Cc1ccc2cc(C(=O)Nc3nc4cc5c(cc4s3)OCCO5)c(C)nc2c1. The third-order valence-corrected chi connectivity index (χ3v) is 5.61. The molecule has 0 atom stereocenters. The van der Waals surface area contributed by atoms with Gasteiger partial charge in [-0.1, -0.05) is 23.5 Å². The Labute approximate surface area is 165 Å². The molecule has 0 bridgehead atoms. The molecule has 3 heterocycles. The number of aryl methyl sites for hydroxylation is 2. The molecule has 1 aliphatic heterocycles. The van der Waals surface area contributed by atoms with Crippen LogP contribution in [0.2, 0.25) is 0 Å². The van der Waals surface area contributed by atoms with Gasteiger partial charge in [0, 0.05) is 17.5 Å². The summed E-state index contributed by atoms with van der Waals surface area (Å²) in [5.74, 6) is 1.18. The highest BCUT2D eigenvalue weighted by atomic mass is 32.1. The zero-order valence-electron chi connectivity index (χ0n) is 15.4. The van der Waals surface area contributed by atoms with Crippen LogP contribution in [-0.4, -0.2) is 29.1 Å². The molecule has 0 unspecified atom stereocenters. The molecule has 7 heteroatoms. The van der Waals surface area contributed by atoms with Crippen LogP contribution in [0.15, 0.2) is 36.4 Å². The van der Waals surface area contributed by atoms with Crippen molar-refractivity contribution < 1.29 is 14.3 Å². The van der Waals surface area contributed by atoms with Gasteiger partial charge in [-0.05, 0) is 31.5 Å². The Morgan fingerprint density at radius 3 is 2.61 bits per heavy atom. The monoisotopic (exact) mass is 391 g/mol. The first-order valence-corrected chi connectivity index (χ1v) is 9.78. The molecular formula is C21H17N3O3S. The molecule has 0 spiro atoms. The van der Waals surface area contributed by atoms with Crippen LogP contribution >= 0.6 is 11.3 Å². The topological polar surface area (TPSA) is 73.3 Å². The van der Waals surface area contributed by atoms with Gasteiger partial charge in [0.2, 0.25) is 0 Å². The smallest absolute Gasteiger partial charge is 0.259 e. The van der Waals surface area contributed by atoms with E-state index in [0.29, 0.717) is 41.1 Å². The van der Waals surface area contributed by atoms with E-state index in [4.69, 9.17) is 9.47 Å². The maximum Gasteiger partial charge on any atom is 0.259 e. The van der Waals surface area contributed by atoms with Gasteiger partial charge >= 0.3 is 0 Å². The fourth-order valence-corrected chi connectivity index (χ4v) is 4.16. The van der Waals surface area contributed by atoms with E-state index in [2.05, 4.69) is 15.3 Å². The van der Waals surface area contributed by atoms with Gasteiger partial charge in [0.05, 0.1) is 27.0 Å². The summed E-state index contributed by atoms with van der Waals surface area (Å²) in [6, 6.07) is 11.6. The van der Waals surface area contributed by atoms with Gasteiger partial charge in [0.1, 0.15) is 13.2 Å². The summed E-state index contributed by atoms with van der Waals surface area (Å²) in [4.78, 5) is 21.9. The number of ether oxygens (including phenoxy) is 2. The van der Waals surface area contributed by atoms with Crippen molar-refractivity contribution in [3.05, 3.63) is 53.2 Å². The molecule has 1 N–H and O–H groups in total. The van der Waals surface area contributed by atoms with Crippen molar-refractivity contribution in [2.45, 2.75) is 13.8 Å². The fraction of sp³-hybridized carbons (Fsp3) is 0.190. The van der Waals surface area contributed by atoms with E-state index in [-0.39, 0.29) is 5.91 Å². The van der Waals surface area contributed by atoms with Crippen molar-refractivity contribution in [3.63, 3.8) is 0 Å². The van der Waals surface area contributed by atoms with Crippen LogP contribution < -0.4 is 14.8 Å². The number of anilines is 1. The van der Waals surface area contributed by atoms with Crippen molar-refractivity contribution in [2.24, 2.45) is 0 Å². The Kier molecular flexibility index (Phi) is 3.91. The molecule has 6 nitrogen and oxygen atoms in total. The first kappa shape index (κ1) is 16.9. The number of rotatable bonds is 2. The molecule has 28 heavy (non-hydrogen) atoms. The second kappa shape index (κ2) is 6.45. The molecule has 0 radical (unpaired) electrons. The third-order valence-electron chi connectivity index (χ3n) is 4.68. The number of pyridine rings is 1. The third kappa shape index (κ3) is 2.93. The lowest BCUT2D eigenvalue weighted by Gasteiger charge is -2.17. The van der Waals surface area contributed by atoms with E-state index in [1.807, 2.05) is 50.2 Å². The number of nitrogens with one attached hydrogen (secondary N) is 1. The van der Waals surface area contributed by atoms with E-state index in [9.17, 15) is 4.79 Å². The van der Waals surface area contributed by atoms with Crippen molar-refractivity contribution >= 4 is 43.5 Å². The predicted molar refractivity (Wildman–Crippen MR) is 110 cm³/mol. The zero-order chi connectivity index (χ0) is 19.3. The summed E-state index contributed by atoms with van der Waals surface area (Å²) in [5.41, 5.74) is 4.03. The summed E-state index contributed by atoms with van der Waals surface area (Å²) >= 11 is 1.41. The number of benzene rings is 2. The van der Waals surface area contributed by atoms with E-state index < -0.39 is 0 Å². The number of carbonyl (C=O) groups is 1. The second-order valence-electron chi connectivity index (χ2n) is 6.75. The number of carbonyl (C=O) groups excluding carboxylic acids is 1. The van der Waals surface area contributed by atoms with Gasteiger partial charge in [-0.3, -0.25) is 15.1 Å². The summed E-state index contributed by atoms with van der Waals surface area (Å²) in [7, 11) is 0. The highest BCUT2D eigenvalue weighted by Gasteiger charge is 2.17. The fourth-order valence-electron chi connectivity index (χ4n) is 3.29. The molecule has 0 saturated carbocycles. The van der Waals surface area contributed by atoms with E-state index in [0.717, 1.165) is 26.7 Å². The summed E-state index contributed by atoms with van der Waals surface area (Å²) in [5, 5.41) is 4.37. The molecule has 1 amide bonds. The standard InChI is InChI=1S/C21H17N3O3S/c1-11-3-4-13-8-14(12(2)22-15(13)7-11)20(25)24-21-23-16-9-17-18(10-19(16)28-21)27-6-5-26-17/h3-4,7-10H,5-6H2,1-2H3,(H,23,24,25). The Bertz CT molecular complexity index is 1210. The van der Waals surface area contributed by atoms with Crippen LogP contribution in [-0.2, 0) is 0 Å². The van der Waals surface area contributed by atoms with Gasteiger partial charge in [0.25, 0.3) is 5.91 Å². The number of hydrogen-bond donors (Lipinski definition) is 1. The number of thiazole rings is 1. The zero-order valence-corrected chi connectivity index (χ0v) is 16.2. The number of nitrogens with zero attached hydrogens (tertiary/aromatic N) is 2. The molecule has 0 aliphatic carbocycles. The van der Waals surface area contributed by atoms with Gasteiger partial charge in [-0.15, -0.1) is 0 Å². The Balaban J connectivity index is 1.47. The van der Waals surface area contributed by atoms with Gasteiger partial charge < -0.3 is 9.47 Å². The minimum absolute atomic E-state index is 0.219. The van der Waals surface area contributed by atoms with Crippen molar-refractivity contribution in [1.29, 1.82) is 0 Å². The molecule has 4 aromatic rings. The highest BCUT2D eigenvalue weighted by Crippen LogP contribution is 2.38. The number of aromatic nitrogens is 2. The lowest BCUT2D eigenvalue weighted by molar-refractivity contribution is 0.102. The van der Waals surface area contributed by atoms with Gasteiger partial charge in [0.15, 0.2) is 16.6 Å². The number of fused-ring (bicyclic) bond motifs is 3. The quantitative estimate of drug-likeness (QED) is 0.545. The average Bonchev–Trinajstić information content (AvgIpc) is 3.06. The molecule has 0 saturated heterocycles. The van der Waals surface area contributed by atoms with Crippen molar-refractivity contribution in [3.8, 4) is 11.5 Å². The van der Waals surface area contributed by atoms with Crippen LogP contribution in [0.5, 0.6) is 11.5 Å². The van der Waals surface area contributed by atoms with Gasteiger partial charge in [-0.25, -0.2) is 4.98 Å². The molecular weight excluding hydrogens is 374 g/mol. The molecule has 0 fully saturated rings. The van der Waals surface area contributed by atoms with Gasteiger partial charge in [-0.2, -0.15) is 0 Å².